The molecule has 1 heterocycles. The molecule has 2 rings (SSSR count). The molecule has 0 unspecified atom stereocenters. The largest absolute Gasteiger partial charge is 0.347 e. The van der Waals surface area contributed by atoms with Crippen LogP contribution in [0.5, 0.6) is 0 Å². The van der Waals surface area contributed by atoms with E-state index in [1.54, 1.807) is 13.8 Å². The molecule has 0 saturated heterocycles. The summed E-state index contributed by atoms with van der Waals surface area (Å²) >= 11 is 3.16. The second kappa shape index (κ2) is 6.39. The smallest absolute Gasteiger partial charge is 0.255 e. The number of nitrogens with one attached hydrogen (secondary N) is 1. The van der Waals surface area contributed by atoms with E-state index in [1.807, 2.05) is 0 Å². The second-order valence-corrected chi connectivity index (χ2v) is 5.87. The van der Waals surface area contributed by atoms with Crippen LogP contribution in [0.3, 0.4) is 0 Å². The Labute approximate surface area is 135 Å². The summed E-state index contributed by atoms with van der Waals surface area (Å²) in [6, 6.07) is 3.20. The third-order valence-electron chi connectivity index (χ3n) is 3.10. The van der Waals surface area contributed by atoms with Crippen LogP contribution in [0.2, 0.25) is 0 Å². The minimum Gasteiger partial charge on any atom is -0.347 e. The van der Waals surface area contributed by atoms with E-state index in [4.69, 9.17) is 0 Å². The first-order valence-electron chi connectivity index (χ1n) is 6.44. The van der Waals surface area contributed by atoms with Gasteiger partial charge in [-0.15, -0.1) is 0 Å². The number of nitrogens with zero attached hydrogens (tertiary/aromatic N) is 2. The fourth-order valence-electron chi connectivity index (χ4n) is 2.12. The van der Waals surface area contributed by atoms with Gasteiger partial charge in [-0.3, -0.25) is 4.79 Å². The molecule has 7 heteroatoms. The highest BCUT2D eigenvalue weighted by Gasteiger charge is 2.20. The molecule has 1 amide bonds. The first-order chi connectivity index (χ1) is 10.3. The molecule has 0 spiro atoms. The predicted octanol–water partition coefficient (Wildman–Crippen LogP) is 3.41. The standard InChI is InChI=1S/C15H14BrF2N3O/c1-8(16)7-19-15(22)14-9(2)20-21(10(14)3)13-5-4-11(17)6-12(13)18/h4-6H,1,7H2,2-3H3,(H,19,22). The van der Waals surface area contributed by atoms with E-state index in [9.17, 15) is 13.6 Å². The average molecular weight is 370 g/mol. The monoisotopic (exact) mass is 369 g/mol. The molecular formula is C15H14BrF2N3O. The highest BCUT2D eigenvalue weighted by molar-refractivity contribution is 9.11. The Morgan fingerprint density at radius 1 is 1.41 bits per heavy atom. The predicted molar refractivity (Wildman–Crippen MR) is 83.4 cm³/mol. The molecule has 1 aromatic heterocycles. The molecule has 0 aliphatic rings. The van der Waals surface area contributed by atoms with Crippen molar-refractivity contribution in [1.29, 1.82) is 0 Å². The Morgan fingerprint density at radius 2 is 2.09 bits per heavy atom. The maximum Gasteiger partial charge on any atom is 0.255 e. The van der Waals surface area contributed by atoms with Gasteiger partial charge in [0.25, 0.3) is 5.91 Å². The van der Waals surface area contributed by atoms with Gasteiger partial charge in [0.1, 0.15) is 11.5 Å². The second-order valence-electron chi connectivity index (χ2n) is 4.75. The topological polar surface area (TPSA) is 46.9 Å². The zero-order chi connectivity index (χ0) is 16.4. The van der Waals surface area contributed by atoms with Crippen LogP contribution in [-0.2, 0) is 0 Å². The first kappa shape index (κ1) is 16.4. The van der Waals surface area contributed by atoms with E-state index in [2.05, 4.69) is 32.9 Å². The molecule has 1 N–H and O–H groups in total. The van der Waals surface area contributed by atoms with Gasteiger partial charge in [0.05, 0.1) is 17.0 Å². The number of hydrogen-bond donors (Lipinski definition) is 1. The lowest BCUT2D eigenvalue weighted by Gasteiger charge is -2.07. The van der Waals surface area contributed by atoms with Crippen molar-refractivity contribution in [3.05, 3.63) is 57.8 Å². The number of benzene rings is 1. The maximum atomic E-state index is 13.9. The van der Waals surface area contributed by atoms with Crippen LogP contribution in [0.4, 0.5) is 8.78 Å². The van der Waals surface area contributed by atoms with Crippen molar-refractivity contribution in [3.8, 4) is 5.69 Å². The maximum absolute atomic E-state index is 13.9. The molecule has 0 atom stereocenters. The van der Waals surface area contributed by atoms with E-state index < -0.39 is 11.6 Å². The van der Waals surface area contributed by atoms with E-state index in [0.29, 0.717) is 21.4 Å². The Morgan fingerprint density at radius 3 is 2.68 bits per heavy atom. The summed E-state index contributed by atoms with van der Waals surface area (Å²) in [4.78, 5) is 12.2. The Bertz CT molecular complexity index is 755. The van der Waals surface area contributed by atoms with Gasteiger partial charge in [0, 0.05) is 17.1 Å². The summed E-state index contributed by atoms with van der Waals surface area (Å²) in [5.41, 5.74) is 1.38. The van der Waals surface area contributed by atoms with Crippen LogP contribution in [0, 0.1) is 25.5 Å². The Kier molecular flexibility index (Phi) is 4.75. The summed E-state index contributed by atoms with van der Waals surface area (Å²) in [7, 11) is 0. The average Bonchev–Trinajstić information content (AvgIpc) is 2.71. The molecule has 0 saturated carbocycles. The van der Waals surface area contributed by atoms with Crippen LogP contribution >= 0.6 is 15.9 Å². The molecule has 0 fully saturated rings. The van der Waals surface area contributed by atoms with Gasteiger partial charge in [-0.25, -0.2) is 13.5 Å². The molecule has 0 aliphatic heterocycles. The summed E-state index contributed by atoms with van der Waals surface area (Å²) in [5.74, 6) is -1.74. The quantitative estimate of drug-likeness (QED) is 0.897. The van der Waals surface area contributed by atoms with Crippen LogP contribution in [0.1, 0.15) is 21.7 Å². The van der Waals surface area contributed by atoms with E-state index in [-0.39, 0.29) is 18.1 Å². The summed E-state index contributed by atoms with van der Waals surface area (Å²) < 4.78 is 28.8. The van der Waals surface area contributed by atoms with Crippen LogP contribution in [-0.4, -0.2) is 22.2 Å². The molecule has 116 valence electrons. The summed E-state index contributed by atoms with van der Waals surface area (Å²) in [6.07, 6.45) is 0. The Hall–Kier alpha value is -2.02. The summed E-state index contributed by atoms with van der Waals surface area (Å²) in [6.45, 7) is 7.21. The zero-order valence-electron chi connectivity index (χ0n) is 12.1. The summed E-state index contributed by atoms with van der Waals surface area (Å²) in [5, 5.41) is 6.85. The molecular weight excluding hydrogens is 356 g/mol. The fraction of sp³-hybridized carbons (Fsp3) is 0.200. The third-order valence-corrected chi connectivity index (χ3v) is 3.38. The van der Waals surface area contributed by atoms with Gasteiger partial charge in [-0.1, -0.05) is 22.5 Å². The molecule has 2 aromatic rings. The number of rotatable bonds is 4. The number of halogens is 3. The highest BCUT2D eigenvalue weighted by atomic mass is 79.9. The van der Waals surface area contributed by atoms with E-state index in [0.717, 1.165) is 12.1 Å². The lowest BCUT2D eigenvalue weighted by atomic mass is 10.2. The van der Waals surface area contributed by atoms with Crippen molar-refractivity contribution in [1.82, 2.24) is 15.1 Å². The normalized spacial score (nSPS) is 10.6. The van der Waals surface area contributed by atoms with E-state index >= 15 is 0 Å². The third kappa shape index (κ3) is 3.24. The van der Waals surface area contributed by atoms with Gasteiger partial charge in [0.15, 0.2) is 5.82 Å². The van der Waals surface area contributed by atoms with Gasteiger partial charge >= 0.3 is 0 Å². The van der Waals surface area contributed by atoms with Crippen molar-refractivity contribution in [2.45, 2.75) is 13.8 Å². The lowest BCUT2D eigenvalue weighted by Crippen LogP contribution is -2.25. The number of carbonyl (C=O) groups excluding carboxylic acids is 1. The molecule has 22 heavy (non-hydrogen) atoms. The number of hydrogen-bond acceptors (Lipinski definition) is 2. The van der Waals surface area contributed by atoms with Crippen LogP contribution in [0.25, 0.3) is 5.69 Å². The Balaban J connectivity index is 2.42. The van der Waals surface area contributed by atoms with Gasteiger partial charge in [0.2, 0.25) is 0 Å². The SMILES string of the molecule is C=C(Br)CNC(=O)c1c(C)nn(-c2ccc(F)cc2F)c1C. The van der Waals surface area contributed by atoms with Crippen molar-refractivity contribution >= 4 is 21.8 Å². The minimum atomic E-state index is -0.744. The van der Waals surface area contributed by atoms with E-state index in [1.165, 1.54) is 10.7 Å². The lowest BCUT2D eigenvalue weighted by molar-refractivity contribution is 0.0956. The van der Waals surface area contributed by atoms with Crippen molar-refractivity contribution in [3.63, 3.8) is 0 Å². The van der Waals surface area contributed by atoms with Crippen molar-refractivity contribution in [2.75, 3.05) is 6.54 Å². The van der Waals surface area contributed by atoms with Gasteiger partial charge < -0.3 is 5.32 Å². The van der Waals surface area contributed by atoms with Crippen molar-refractivity contribution in [2.24, 2.45) is 0 Å². The van der Waals surface area contributed by atoms with Crippen LogP contribution in [0.15, 0.2) is 29.3 Å². The number of aryl methyl sites for hydroxylation is 1. The van der Waals surface area contributed by atoms with Gasteiger partial charge in [-0.2, -0.15) is 5.10 Å². The van der Waals surface area contributed by atoms with Crippen LogP contribution < -0.4 is 5.32 Å². The first-order valence-corrected chi connectivity index (χ1v) is 7.23. The number of carbonyl (C=O) groups is 1. The zero-order valence-corrected chi connectivity index (χ0v) is 13.7. The molecule has 0 bridgehead atoms. The molecule has 1 aromatic carbocycles. The molecule has 4 nitrogen and oxygen atoms in total. The molecule has 0 radical (unpaired) electrons. The fourth-order valence-corrected chi connectivity index (χ4v) is 2.26. The number of amides is 1. The number of aromatic nitrogens is 2. The van der Waals surface area contributed by atoms with Crippen molar-refractivity contribution < 1.29 is 13.6 Å². The molecule has 0 aliphatic carbocycles. The van der Waals surface area contributed by atoms with Gasteiger partial charge in [-0.05, 0) is 26.0 Å². The minimum absolute atomic E-state index is 0.0888. The highest BCUT2D eigenvalue weighted by Crippen LogP contribution is 2.20.